The summed E-state index contributed by atoms with van der Waals surface area (Å²) in [7, 11) is 0. The van der Waals surface area contributed by atoms with Crippen molar-refractivity contribution in [1.29, 1.82) is 0 Å². The normalized spacial score (nSPS) is 16.0. The second-order valence-electron chi connectivity index (χ2n) is 5.44. The molecule has 0 spiro atoms. The van der Waals surface area contributed by atoms with Gasteiger partial charge in [-0.3, -0.25) is 0 Å². The van der Waals surface area contributed by atoms with E-state index >= 15 is 0 Å². The number of likely N-dealkylation sites (tertiary alicyclic amines) is 1. The van der Waals surface area contributed by atoms with E-state index in [2.05, 4.69) is 21.8 Å². The summed E-state index contributed by atoms with van der Waals surface area (Å²) in [4.78, 5) is 5.72. The van der Waals surface area contributed by atoms with Gasteiger partial charge >= 0.3 is 6.18 Å². The molecule has 1 aliphatic heterocycles. The summed E-state index contributed by atoms with van der Waals surface area (Å²) in [6.45, 7) is 6.24. The fourth-order valence-corrected chi connectivity index (χ4v) is 2.55. The molecule has 0 unspecified atom stereocenters. The second-order valence-corrected chi connectivity index (χ2v) is 5.44. The molecule has 1 aromatic rings. The summed E-state index contributed by atoms with van der Waals surface area (Å²) >= 11 is 0. The maximum atomic E-state index is 12.9. The number of hydrogen-bond donors (Lipinski definition) is 2. The van der Waals surface area contributed by atoms with Crippen LogP contribution in [0.1, 0.15) is 31.2 Å². The second kappa shape index (κ2) is 6.89. The van der Waals surface area contributed by atoms with Crippen molar-refractivity contribution in [2.24, 2.45) is 0 Å². The molecular weight excluding hydrogens is 293 g/mol. The first-order valence-corrected chi connectivity index (χ1v) is 7.37. The van der Waals surface area contributed by atoms with Gasteiger partial charge in [-0.15, -0.1) is 0 Å². The van der Waals surface area contributed by atoms with Crippen LogP contribution >= 0.6 is 0 Å². The van der Waals surface area contributed by atoms with Gasteiger partial charge in [0.15, 0.2) is 0 Å². The van der Waals surface area contributed by atoms with Crippen molar-refractivity contribution in [2.45, 2.75) is 31.9 Å². The predicted molar refractivity (Wildman–Crippen MR) is 81.3 cm³/mol. The number of pyridine rings is 1. The maximum Gasteiger partial charge on any atom is 0.419 e. The summed E-state index contributed by atoms with van der Waals surface area (Å²) in [6, 6.07) is 1.22. The number of nitrogens with one attached hydrogen (secondary N) is 1. The molecule has 0 aromatic carbocycles. The molecule has 3 N–H and O–H groups in total. The van der Waals surface area contributed by atoms with Crippen molar-refractivity contribution in [3.8, 4) is 0 Å². The van der Waals surface area contributed by atoms with Crippen LogP contribution in [0.2, 0.25) is 0 Å². The molecule has 0 radical (unpaired) electrons. The average molecular weight is 314 g/mol. The van der Waals surface area contributed by atoms with Gasteiger partial charge in [-0.1, -0.05) is 6.58 Å². The van der Waals surface area contributed by atoms with Crippen LogP contribution in [0.5, 0.6) is 0 Å². The summed E-state index contributed by atoms with van der Waals surface area (Å²) in [6.07, 6.45) is 0.379. The monoisotopic (exact) mass is 314 g/mol. The van der Waals surface area contributed by atoms with Crippen molar-refractivity contribution < 1.29 is 13.2 Å². The first-order valence-electron chi connectivity index (χ1n) is 7.37. The van der Waals surface area contributed by atoms with Crippen LogP contribution in [0.4, 0.5) is 24.7 Å². The lowest BCUT2D eigenvalue weighted by Gasteiger charge is -2.31. The van der Waals surface area contributed by atoms with Crippen LogP contribution in [-0.4, -0.2) is 29.5 Å². The van der Waals surface area contributed by atoms with Crippen molar-refractivity contribution in [3.05, 3.63) is 30.1 Å². The Morgan fingerprint density at radius 1 is 1.36 bits per heavy atom. The number of rotatable bonds is 5. The third-order valence-corrected chi connectivity index (χ3v) is 3.74. The summed E-state index contributed by atoms with van der Waals surface area (Å²) < 4.78 is 38.7. The highest BCUT2D eigenvalue weighted by molar-refractivity contribution is 5.57. The standard InChI is InChI=1S/C15H21F3N4/c1-11-5-2-3-7-22(11)8-4-6-20-13-9-14(19)21-10-12(13)15(16,17)18/h9-10H,1-8H2,(H3,19,20,21). The third-order valence-electron chi connectivity index (χ3n) is 3.74. The lowest BCUT2D eigenvalue weighted by molar-refractivity contribution is -0.137. The zero-order chi connectivity index (χ0) is 16.2. The van der Waals surface area contributed by atoms with Crippen LogP contribution in [0, 0.1) is 0 Å². The van der Waals surface area contributed by atoms with Gasteiger partial charge in [0.1, 0.15) is 5.82 Å². The van der Waals surface area contributed by atoms with Crippen LogP contribution in [-0.2, 0) is 6.18 Å². The minimum Gasteiger partial charge on any atom is -0.384 e. The third kappa shape index (κ3) is 4.29. The molecule has 0 bridgehead atoms. The highest BCUT2D eigenvalue weighted by Crippen LogP contribution is 2.34. The van der Waals surface area contributed by atoms with Gasteiger partial charge < -0.3 is 16.0 Å². The Morgan fingerprint density at radius 2 is 2.14 bits per heavy atom. The Kier molecular flexibility index (Phi) is 5.15. The lowest BCUT2D eigenvalue weighted by Crippen LogP contribution is -2.29. The van der Waals surface area contributed by atoms with E-state index in [1.165, 1.54) is 12.5 Å². The van der Waals surface area contributed by atoms with Crippen molar-refractivity contribution in [3.63, 3.8) is 0 Å². The predicted octanol–water partition coefficient (Wildman–Crippen LogP) is 3.48. The molecule has 7 heteroatoms. The van der Waals surface area contributed by atoms with E-state index in [0.717, 1.165) is 44.2 Å². The fraction of sp³-hybridized carbons (Fsp3) is 0.533. The molecular formula is C15H21F3N4. The molecule has 0 saturated carbocycles. The fourth-order valence-electron chi connectivity index (χ4n) is 2.55. The van der Waals surface area contributed by atoms with E-state index in [1.807, 2.05) is 0 Å². The quantitative estimate of drug-likeness (QED) is 0.817. The minimum absolute atomic E-state index is 0.0162. The largest absolute Gasteiger partial charge is 0.419 e. The van der Waals surface area contributed by atoms with Gasteiger partial charge in [0.05, 0.1) is 11.3 Å². The number of piperidine rings is 1. The van der Waals surface area contributed by atoms with Gasteiger partial charge in [0, 0.05) is 37.6 Å². The average Bonchev–Trinajstić information content (AvgIpc) is 2.44. The number of hydrogen-bond acceptors (Lipinski definition) is 4. The molecule has 0 amide bonds. The highest BCUT2D eigenvalue weighted by atomic mass is 19.4. The number of alkyl halides is 3. The van der Waals surface area contributed by atoms with E-state index in [-0.39, 0.29) is 11.5 Å². The number of nitrogen functional groups attached to an aromatic ring is 1. The van der Waals surface area contributed by atoms with Crippen LogP contribution in [0.15, 0.2) is 24.5 Å². The molecule has 1 aromatic heterocycles. The van der Waals surface area contributed by atoms with E-state index in [1.54, 1.807) is 0 Å². The zero-order valence-corrected chi connectivity index (χ0v) is 12.4. The Morgan fingerprint density at radius 3 is 2.82 bits per heavy atom. The zero-order valence-electron chi connectivity index (χ0n) is 12.4. The first-order chi connectivity index (χ1) is 10.4. The number of halogens is 3. The van der Waals surface area contributed by atoms with Crippen LogP contribution < -0.4 is 11.1 Å². The van der Waals surface area contributed by atoms with E-state index in [9.17, 15) is 13.2 Å². The van der Waals surface area contributed by atoms with Crippen molar-refractivity contribution >= 4 is 11.5 Å². The lowest BCUT2D eigenvalue weighted by atomic mass is 10.1. The molecule has 122 valence electrons. The number of aromatic nitrogens is 1. The number of allylic oxidation sites excluding steroid dienone is 1. The number of anilines is 2. The smallest absolute Gasteiger partial charge is 0.384 e. The molecule has 1 saturated heterocycles. The topological polar surface area (TPSA) is 54.2 Å². The van der Waals surface area contributed by atoms with Gasteiger partial charge in [-0.2, -0.15) is 13.2 Å². The molecule has 0 aliphatic carbocycles. The number of nitrogens with two attached hydrogens (primary N) is 1. The molecule has 4 nitrogen and oxygen atoms in total. The Labute approximate surface area is 128 Å². The van der Waals surface area contributed by atoms with Gasteiger partial charge in [0.2, 0.25) is 0 Å². The highest BCUT2D eigenvalue weighted by Gasteiger charge is 2.34. The van der Waals surface area contributed by atoms with Crippen LogP contribution in [0.25, 0.3) is 0 Å². The Balaban J connectivity index is 1.89. The summed E-state index contributed by atoms with van der Waals surface area (Å²) in [5.74, 6) is 0.0694. The molecule has 1 fully saturated rings. The molecule has 1 aliphatic rings. The Bertz CT molecular complexity index is 528. The number of nitrogens with zero attached hydrogens (tertiary/aromatic N) is 2. The van der Waals surface area contributed by atoms with Crippen LogP contribution in [0.3, 0.4) is 0 Å². The molecule has 0 atom stereocenters. The Hall–Kier alpha value is -1.92. The molecule has 22 heavy (non-hydrogen) atoms. The van der Waals surface area contributed by atoms with E-state index in [0.29, 0.717) is 6.54 Å². The van der Waals surface area contributed by atoms with E-state index in [4.69, 9.17) is 5.73 Å². The van der Waals surface area contributed by atoms with Gasteiger partial charge in [-0.05, 0) is 25.7 Å². The SMILES string of the molecule is C=C1CCCCN1CCCNc1cc(N)ncc1C(F)(F)F. The van der Waals surface area contributed by atoms with Gasteiger partial charge in [-0.25, -0.2) is 4.98 Å². The molecule has 2 rings (SSSR count). The first kappa shape index (κ1) is 16.5. The summed E-state index contributed by atoms with van der Waals surface area (Å²) in [5, 5.41) is 2.82. The van der Waals surface area contributed by atoms with Crippen molar-refractivity contribution in [1.82, 2.24) is 9.88 Å². The minimum atomic E-state index is -4.44. The van der Waals surface area contributed by atoms with Gasteiger partial charge in [0.25, 0.3) is 0 Å². The van der Waals surface area contributed by atoms with Crippen molar-refractivity contribution in [2.75, 3.05) is 30.7 Å². The maximum absolute atomic E-state index is 12.9. The van der Waals surface area contributed by atoms with E-state index < -0.39 is 11.7 Å². The molecule has 2 heterocycles. The summed E-state index contributed by atoms with van der Waals surface area (Å²) in [5.41, 5.74) is 5.79.